The number of thiophene rings is 1. The van der Waals surface area contributed by atoms with Gasteiger partial charge in [-0.05, 0) is 30.3 Å². The highest BCUT2D eigenvalue weighted by molar-refractivity contribution is 7.20. The molecule has 8 heteroatoms. The van der Waals surface area contributed by atoms with Gasteiger partial charge in [0.05, 0.1) is 24.8 Å². The number of anilines is 1. The van der Waals surface area contributed by atoms with Gasteiger partial charge in [-0.1, -0.05) is 23.7 Å². The highest BCUT2D eigenvalue weighted by Crippen LogP contribution is 2.35. The molecule has 0 aliphatic rings. The van der Waals surface area contributed by atoms with Gasteiger partial charge in [-0.2, -0.15) is 5.10 Å². The summed E-state index contributed by atoms with van der Waals surface area (Å²) in [6.07, 6.45) is 0. The smallest absolute Gasteiger partial charge is 0.265 e. The number of nitrogens with one attached hydrogen (secondary N) is 1. The van der Waals surface area contributed by atoms with E-state index in [9.17, 15) is 4.79 Å². The van der Waals surface area contributed by atoms with Crippen LogP contribution in [0.3, 0.4) is 0 Å². The summed E-state index contributed by atoms with van der Waals surface area (Å²) < 4.78 is 12.4. The van der Waals surface area contributed by atoms with E-state index >= 15 is 0 Å². The highest BCUT2D eigenvalue weighted by Gasteiger charge is 2.19. The molecule has 1 amide bonds. The van der Waals surface area contributed by atoms with Gasteiger partial charge in [0.25, 0.3) is 5.91 Å². The normalized spacial score (nSPS) is 10.9. The fourth-order valence-electron chi connectivity index (χ4n) is 3.07. The van der Waals surface area contributed by atoms with Crippen LogP contribution in [-0.4, -0.2) is 29.9 Å². The molecular weight excluding hydrogens is 410 g/mol. The van der Waals surface area contributed by atoms with Crippen LogP contribution < -0.4 is 14.8 Å². The van der Waals surface area contributed by atoms with Crippen LogP contribution in [0.4, 0.5) is 5.69 Å². The summed E-state index contributed by atoms with van der Waals surface area (Å²) in [5, 5.41) is 9.09. The Kier molecular flexibility index (Phi) is 5.17. The molecule has 2 heterocycles. The summed E-state index contributed by atoms with van der Waals surface area (Å²) in [6.45, 7) is 0. The van der Waals surface area contributed by atoms with E-state index in [1.165, 1.54) is 11.3 Å². The van der Waals surface area contributed by atoms with E-state index in [1.54, 1.807) is 37.1 Å². The Morgan fingerprint density at radius 1 is 1.10 bits per heavy atom. The average molecular weight is 428 g/mol. The third kappa shape index (κ3) is 3.66. The molecule has 0 spiro atoms. The molecular formula is C21H18ClN3O3S. The summed E-state index contributed by atoms with van der Waals surface area (Å²) in [5.74, 6) is 0.968. The van der Waals surface area contributed by atoms with Crippen molar-refractivity contribution in [2.24, 2.45) is 7.05 Å². The molecule has 148 valence electrons. The van der Waals surface area contributed by atoms with Gasteiger partial charge >= 0.3 is 0 Å². The van der Waals surface area contributed by atoms with Gasteiger partial charge in [0.15, 0.2) is 0 Å². The maximum Gasteiger partial charge on any atom is 0.265 e. The zero-order valence-corrected chi connectivity index (χ0v) is 17.6. The van der Waals surface area contributed by atoms with Crippen LogP contribution in [0.5, 0.6) is 11.5 Å². The summed E-state index contributed by atoms with van der Waals surface area (Å²) in [5.41, 5.74) is 2.30. The molecule has 0 unspecified atom stereocenters. The Morgan fingerprint density at radius 3 is 2.55 bits per heavy atom. The number of benzene rings is 2. The lowest BCUT2D eigenvalue weighted by Crippen LogP contribution is -2.11. The molecule has 0 fully saturated rings. The maximum absolute atomic E-state index is 12.9. The van der Waals surface area contributed by atoms with E-state index < -0.39 is 0 Å². The minimum Gasteiger partial charge on any atom is -0.497 e. The van der Waals surface area contributed by atoms with Gasteiger partial charge in [-0.15, -0.1) is 11.3 Å². The molecule has 1 N–H and O–H groups in total. The number of nitrogens with zero attached hydrogens (tertiary/aromatic N) is 2. The van der Waals surface area contributed by atoms with Crippen molar-refractivity contribution in [2.75, 3.05) is 19.5 Å². The van der Waals surface area contributed by atoms with E-state index in [0.717, 1.165) is 21.5 Å². The third-order valence-corrected chi connectivity index (χ3v) is 5.96. The number of hydrogen-bond donors (Lipinski definition) is 1. The number of halogens is 1. The Balaban J connectivity index is 1.69. The second-order valence-corrected chi connectivity index (χ2v) is 7.80. The lowest BCUT2D eigenvalue weighted by molar-refractivity contribution is 0.103. The first-order valence-corrected chi connectivity index (χ1v) is 9.95. The van der Waals surface area contributed by atoms with Crippen molar-refractivity contribution in [1.82, 2.24) is 9.78 Å². The number of hydrogen-bond acceptors (Lipinski definition) is 5. The standard InChI is InChI=1S/C21H18ClN3O3S/c1-25-21-15(19(24-25)12-4-6-13(22)7-5-12)11-18(29-21)20(26)23-16-10-14(27-2)8-9-17(16)28-3/h4-11H,1-3H3,(H,23,26). The number of amides is 1. The van der Waals surface area contributed by atoms with Crippen LogP contribution in [0, 0.1) is 0 Å². The number of aryl methyl sites for hydroxylation is 1. The van der Waals surface area contributed by atoms with Crippen molar-refractivity contribution in [3.05, 3.63) is 58.4 Å². The van der Waals surface area contributed by atoms with Gasteiger partial charge in [0.2, 0.25) is 0 Å². The minimum absolute atomic E-state index is 0.222. The van der Waals surface area contributed by atoms with E-state index in [1.807, 2.05) is 37.4 Å². The monoisotopic (exact) mass is 427 g/mol. The third-order valence-electron chi connectivity index (χ3n) is 4.51. The van der Waals surface area contributed by atoms with Gasteiger partial charge in [0.1, 0.15) is 22.0 Å². The van der Waals surface area contributed by atoms with Crippen LogP contribution in [0.2, 0.25) is 5.02 Å². The van der Waals surface area contributed by atoms with Crippen LogP contribution in [0.15, 0.2) is 48.5 Å². The molecule has 2 aromatic heterocycles. The van der Waals surface area contributed by atoms with Crippen molar-refractivity contribution in [3.63, 3.8) is 0 Å². The molecule has 0 bridgehead atoms. The Labute approximate surface area is 176 Å². The fourth-order valence-corrected chi connectivity index (χ4v) is 4.16. The Bertz CT molecular complexity index is 1200. The summed E-state index contributed by atoms with van der Waals surface area (Å²) in [4.78, 5) is 14.4. The first-order chi connectivity index (χ1) is 14.0. The summed E-state index contributed by atoms with van der Waals surface area (Å²) >= 11 is 7.38. The summed E-state index contributed by atoms with van der Waals surface area (Å²) in [7, 11) is 5.00. The summed E-state index contributed by atoms with van der Waals surface area (Å²) in [6, 6.07) is 14.6. The van der Waals surface area contributed by atoms with Crippen molar-refractivity contribution >= 4 is 44.7 Å². The lowest BCUT2D eigenvalue weighted by atomic mass is 10.1. The van der Waals surface area contributed by atoms with Gasteiger partial charge in [0, 0.05) is 29.1 Å². The topological polar surface area (TPSA) is 65.4 Å². The molecule has 0 saturated carbocycles. The SMILES string of the molecule is COc1ccc(OC)c(NC(=O)c2cc3c(-c4ccc(Cl)cc4)nn(C)c3s2)c1. The lowest BCUT2D eigenvalue weighted by Gasteiger charge is -2.11. The van der Waals surface area contributed by atoms with Crippen molar-refractivity contribution < 1.29 is 14.3 Å². The number of carbonyl (C=O) groups is 1. The average Bonchev–Trinajstić information content (AvgIpc) is 3.29. The number of rotatable bonds is 5. The van der Waals surface area contributed by atoms with Crippen LogP contribution in [0.1, 0.15) is 9.67 Å². The fraction of sp³-hybridized carbons (Fsp3) is 0.143. The largest absolute Gasteiger partial charge is 0.497 e. The van der Waals surface area contributed by atoms with E-state index in [0.29, 0.717) is 27.1 Å². The number of fused-ring (bicyclic) bond motifs is 1. The second kappa shape index (κ2) is 7.77. The zero-order chi connectivity index (χ0) is 20.5. The van der Waals surface area contributed by atoms with Gasteiger partial charge < -0.3 is 14.8 Å². The van der Waals surface area contributed by atoms with E-state index in [4.69, 9.17) is 21.1 Å². The Hall–Kier alpha value is -3.03. The molecule has 29 heavy (non-hydrogen) atoms. The predicted molar refractivity (Wildman–Crippen MR) is 117 cm³/mol. The number of ether oxygens (including phenoxy) is 2. The highest BCUT2D eigenvalue weighted by atomic mass is 35.5. The molecule has 4 aromatic rings. The quantitative estimate of drug-likeness (QED) is 0.474. The molecule has 0 atom stereocenters. The Morgan fingerprint density at radius 2 is 1.86 bits per heavy atom. The molecule has 4 rings (SSSR count). The van der Waals surface area contributed by atoms with Gasteiger partial charge in [-0.25, -0.2) is 0 Å². The molecule has 2 aromatic carbocycles. The van der Waals surface area contributed by atoms with Crippen molar-refractivity contribution in [3.8, 4) is 22.8 Å². The van der Waals surface area contributed by atoms with E-state index in [2.05, 4.69) is 10.4 Å². The number of aromatic nitrogens is 2. The minimum atomic E-state index is -0.222. The van der Waals surface area contributed by atoms with Crippen LogP contribution in [0.25, 0.3) is 21.5 Å². The molecule has 6 nitrogen and oxygen atoms in total. The molecule has 0 radical (unpaired) electrons. The first kappa shape index (κ1) is 19.3. The molecule has 0 aliphatic heterocycles. The van der Waals surface area contributed by atoms with Crippen molar-refractivity contribution in [2.45, 2.75) is 0 Å². The van der Waals surface area contributed by atoms with Gasteiger partial charge in [-0.3, -0.25) is 9.48 Å². The first-order valence-electron chi connectivity index (χ1n) is 8.76. The van der Waals surface area contributed by atoms with E-state index in [-0.39, 0.29) is 5.91 Å². The van der Waals surface area contributed by atoms with Crippen LogP contribution in [-0.2, 0) is 7.05 Å². The number of methoxy groups -OCH3 is 2. The van der Waals surface area contributed by atoms with Crippen LogP contribution >= 0.6 is 22.9 Å². The predicted octanol–water partition coefficient (Wildman–Crippen LogP) is 5.22. The zero-order valence-electron chi connectivity index (χ0n) is 16.0. The maximum atomic E-state index is 12.9. The molecule has 0 aliphatic carbocycles. The molecule has 0 saturated heterocycles. The van der Waals surface area contributed by atoms with Crippen molar-refractivity contribution in [1.29, 1.82) is 0 Å². The number of carbonyl (C=O) groups excluding carboxylic acids is 1. The second-order valence-electron chi connectivity index (χ2n) is 6.33.